The topological polar surface area (TPSA) is 49.4 Å². The molecule has 0 bridgehead atoms. The van der Waals surface area contributed by atoms with Gasteiger partial charge in [-0.15, -0.1) is 0 Å². The molecule has 1 aromatic rings. The summed E-state index contributed by atoms with van der Waals surface area (Å²) in [6.45, 7) is 2.62. The molecule has 1 aromatic carbocycles. The summed E-state index contributed by atoms with van der Waals surface area (Å²) in [5.74, 6) is -0.668. The van der Waals surface area contributed by atoms with Crippen LogP contribution >= 0.6 is 0 Å². The monoisotopic (exact) mass is 264 g/mol. The Hall–Kier alpha value is -1.75. The first-order valence-electron chi connectivity index (χ1n) is 6.44. The van der Waals surface area contributed by atoms with Gasteiger partial charge in [0.1, 0.15) is 5.82 Å². The van der Waals surface area contributed by atoms with Gasteiger partial charge in [-0.2, -0.15) is 0 Å². The molecule has 0 saturated carbocycles. The molecule has 102 valence electrons. The molecule has 0 radical (unpaired) electrons. The lowest BCUT2D eigenvalue weighted by Crippen LogP contribution is -2.38. The van der Waals surface area contributed by atoms with Crippen LogP contribution in [0.4, 0.5) is 4.39 Å². The molecule has 2 amide bonds. The Morgan fingerprint density at radius 1 is 1.37 bits per heavy atom. The van der Waals surface area contributed by atoms with Crippen LogP contribution in [0.25, 0.3) is 0 Å². The van der Waals surface area contributed by atoms with Crippen molar-refractivity contribution in [2.75, 3.05) is 6.54 Å². The number of rotatable bonds is 5. The predicted molar refractivity (Wildman–Crippen MR) is 68.7 cm³/mol. The van der Waals surface area contributed by atoms with E-state index in [-0.39, 0.29) is 30.6 Å². The molecule has 0 aromatic heterocycles. The van der Waals surface area contributed by atoms with Crippen LogP contribution in [0.3, 0.4) is 0 Å². The second kappa shape index (κ2) is 5.93. The third kappa shape index (κ3) is 2.98. The van der Waals surface area contributed by atoms with E-state index in [2.05, 4.69) is 5.32 Å². The molecule has 1 fully saturated rings. The Bertz CT molecular complexity index is 490. The van der Waals surface area contributed by atoms with Crippen LogP contribution in [0.2, 0.25) is 0 Å². The van der Waals surface area contributed by atoms with Gasteiger partial charge in [0.15, 0.2) is 0 Å². The van der Waals surface area contributed by atoms with Crippen LogP contribution < -0.4 is 5.32 Å². The molecule has 1 atom stereocenters. The minimum atomic E-state index is -0.529. The number of carbonyl (C=O) groups excluding carboxylic acids is 2. The summed E-state index contributed by atoms with van der Waals surface area (Å²) >= 11 is 0. The van der Waals surface area contributed by atoms with Crippen LogP contribution in [0, 0.1) is 5.82 Å². The smallest absolute Gasteiger partial charge is 0.246 e. The number of hydrogen-bond donors (Lipinski definition) is 1. The maximum Gasteiger partial charge on any atom is 0.246 e. The molecular formula is C14H17FN2O2. The quantitative estimate of drug-likeness (QED) is 0.819. The van der Waals surface area contributed by atoms with E-state index >= 15 is 0 Å². The van der Waals surface area contributed by atoms with Crippen molar-refractivity contribution in [2.45, 2.75) is 32.4 Å². The summed E-state index contributed by atoms with van der Waals surface area (Å²) < 4.78 is 13.4. The van der Waals surface area contributed by atoms with E-state index in [4.69, 9.17) is 0 Å². The maximum atomic E-state index is 13.4. The molecule has 1 aliphatic heterocycles. The highest BCUT2D eigenvalue weighted by atomic mass is 19.1. The zero-order valence-corrected chi connectivity index (χ0v) is 10.9. The highest BCUT2D eigenvalue weighted by Gasteiger charge is 2.37. The van der Waals surface area contributed by atoms with Gasteiger partial charge in [-0.1, -0.05) is 25.1 Å². The number of amides is 2. The SMILES string of the molecule is CCCN1C(=O)CC(NCc2ccccc2F)C1=O. The van der Waals surface area contributed by atoms with Crippen molar-refractivity contribution in [3.63, 3.8) is 0 Å². The van der Waals surface area contributed by atoms with Gasteiger partial charge < -0.3 is 5.32 Å². The molecule has 19 heavy (non-hydrogen) atoms. The molecule has 1 heterocycles. The van der Waals surface area contributed by atoms with Gasteiger partial charge in [0.25, 0.3) is 0 Å². The van der Waals surface area contributed by atoms with E-state index < -0.39 is 6.04 Å². The van der Waals surface area contributed by atoms with Crippen molar-refractivity contribution in [1.29, 1.82) is 0 Å². The van der Waals surface area contributed by atoms with Crippen molar-refractivity contribution < 1.29 is 14.0 Å². The van der Waals surface area contributed by atoms with Gasteiger partial charge in [0.2, 0.25) is 11.8 Å². The maximum absolute atomic E-state index is 13.4. The molecule has 0 spiro atoms. The summed E-state index contributed by atoms with van der Waals surface area (Å²) in [4.78, 5) is 24.9. The number of nitrogens with zero attached hydrogens (tertiary/aromatic N) is 1. The van der Waals surface area contributed by atoms with Crippen molar-refractivity contribution >= 4 is 11.8 Å². The number of halogens is 1. The van der Waals surface area contributed by atoms with Crippen molar-refractivity contribution in [2.24, 2.45) is 0 Å². The van der Waals surface area contributed by atoms with Crippen LogP contribution in [-0.2, 0) is 16.1 Å². The molecular weight excluding hydrogens is 247 g/mol. The van der Waals surface area contributed by atoms with E-state index in [0.29, 0.717) is 12.1 Å². The molecule has 0 aliphatic carbocycles. The number of benzene rings is 1. The molecule has 1 aliphatic rings. The lowest BCUT2D eigenvalue weighted by Gasteiger charge is -2.14. The fraction of sp³-hybridized carbons (Fsp3) is 0.429. The summed E-state index contributed by atoms with van der Waals surface area (Å²) in [6, 6.07) is 5.87. The third-order valence-corrected chi connectivity index (χ3v) is 3.19. The lowest BCUT2D eigenvalue weighted by atomic mass is 10.2. The first-order valence-corrected chi connectivity index (χ1v) is 6.44. The molecule has 5 heteroatoms. The van der Waals surface area contributed by atoms with E-state index in [1.165, 1.54) is 11.0 Å². The van der Waals surface area contributed by atoms with Gasteiger partial charge in [-0.3, -0.25) is 14.5 Å². The van der Waals surface area contributed by atoms with Gasteiger partial charge in [-0.25, -0.2) is 4.39 Å². The summed E-state index contributed by atoms with van der Waals surface area (Å²) in [5.41, 5.74) is 0.497. The number of nitrogens with one attached hydrogen (secondary N) is 1. The number of carbonyl (C=O) groups is 2. The Kier molecular flexibility index (Phi) is 4.27. The fourth-order valence-corrected chi connectivity index (χ4v) is 2.18. The summed E-state index contributed by atoms with van der Waals surface area (Å²) in [7, 11) is 0. The predicted octanol–water partition coefficient (Wildman–Crippen LogP) is 1.45. The van der Waals surface area contributed by atoms with E-state index in [0.717, 1.165) is 6.42 Å². The number of hydrogen-bond acceptors (Lipinski definition) is 3. The molecule has 1 saturated heterocycles. The van der Waals surface area contributed by atoms with Crippen molar-refractivity contribution in [3.8, 4) is 0 Å². The van der Waals surface area contributed by atoms with Crippen LogP contribution in [0.5, 0.6) is 0 Å². The van der Waals surface area contributed by atoms with Gasteiger partial charge in [0.05, 0.1) is 12.5 Å². The summed E-state index contributed by atoms with van der Waals surface area (Å²) in [5, 5.41) is 2.96. The van der Waals surface area contributed by atoms with E-state index in [1.807, 2.05) is 6.92 Å². The van der Waals surface area contributed by atoms with Crippen molar-refractivity contribution in [1.82, 2.24) is 10.2 Å². The molecule has 1 unspecified atom stereocenters. The minimum absolute atomic E-state index is 0.155. The molecule has 4 nitrogen and oxygen atoms in total. The zero-order valence-electron chi connectivity index (χ0n) is 10.9. The molecule has 1 N–H and O–H groups in total. The normalized spacial score (nSPS) is 19.3. The highest BCUT2D eigenvalue weighted by molar-refractivity contribution is 6.05. The first kappa shape index (κ1) is 13.7. The average molecular weight is 264 g/mol. The average Bonchev–Trinajstić information content (AvgIpc) is 2.66. The first-order chi connectivity index (χ1) is 9.13. The minimum Gasteiger partial charge on any atom is -0.301 e. The standard InChI is InChI=1S/C14H17FN2O2/c1-2-7-17-13(18)8-12(14(17)19)16-9-10-5-3-4-6-11(10)15/h3-6,12,16H,2,7-9H2,1H3. The van der Waals surface area contributed by atoms with Crippen molar-refractivity contribution in [3.05, 3.63) is 35.6 Å². The largest absolute Gasteiger partial charge is 0.301 e. The van der Waals surface area contributed by atoms with Crippen LogP contribution in [-0.4, -0.2) is 29.3 Å². The van der Waals surface area contributed by atoms with E-state index in [1.54, 1.807) is 18.2 Å². The third-order valence-electron chi connectivity index (χ3n) is 3.19. The zero-order chi connectivity index (χ0) is 13.8. The van der Waals surface area contributed by atoms with Crippen LogP contribution in [0.15, 0.2) is 24.3 Å². The Morgan fingerprint density at radius 3 is 2.79 bits per heavy atom. The van der Waals surface area contributed by atoms with Gasteiger partial charge >= 0.3 is 0 Å². The Morgan fingerprint density at radius 2 is 2.11 bits per heavy atom. The van der Waals surface area contributed by atoms with Gasteiger partial charge in [-0.05, 0) is 12.5 Å². The Balaban J connectivity index is 1.96. The second-order valence-electron chi connectivity index (χ2n) is 4.61. The van der Waals surface area contributed by atoms with Gasteiger partial charge in [0, 0.05) is 18.7 Å². The number of likely N-dealkylation sites (tertiary alicyclic amines) is 1. The summed E-state index contributed by atoms with van der Waals surface area (Å²) in [6.07, 6.45) is 0.908. The molecule has 2 rings (SSSR count). The Labute approximate surface area is 111 Å². The second-order valence-corrected chi connectivity index (χ2v) is 4.61. The fourth-order valence-electron chi connectivity index (χ4n) is 2.18. The van der Waals surface area contributed by atoms with Crippen LogP contribution in [0.1, 0.15) is 25.3 Å². The highest BCUT2D eigenvalue weighted by Crippen LogP contribution is 2.14. The number of imide groups is 1. The van der Waals surface area contributed by atoms with E-state index in [9.17, 15) is 14.0 Å². The lowest BCUT2D eigenvalue weighted by molar-refractivity contribution is -0.138.